The first-order valence-electron chi connectivity index (χ1n) is 4.45. The Bertz CT molecular complexity index is 446. The molecule has 2 aromatic heterocycles. The first-order valence-corrected chi connectivity index (χ1v) is 4.45. The van der Waals surface area contributed by atoms with E-state index in [2.05, 4.69) is 10.3 Å². The van der Waals surface area contributed by atoms with E-state index < -0.39 is 5.97 Å². The zero-order valence-electron chi connectivity index (χ0n) is 7.95. The van der Waals surface area contributed by atoms with Crippen molar-refractivity contribution in [3.8, 4) is 0 Å². The lowest BCUT2D eigenvalue weighted by molar-refractivity contribution is -0.137. The fourth-order valence-electron chi connectivity index (χ4n) is 1.29. The lowest BCUT2D eigenvalue weighted by atomic mass is 10.4. The molecule has 0 saturated heterocycles. The summed E-state index contributed by atoms with van der Waals surface area (Å²) in [7, 11) is 0. The van der Waals surface area contributed by atoms with E-state index in [-0.39, 0.29) is 6.54 Å². The number of carboxylic acids is 1. The number of carbonyl (C=O) groups is 1. The lowest BCUT2D eigenvalue weighted by Gasteiger charge is -1.96. The Morgan fingerprint density at radius 1 is 1.40 bits per heavy atom. The average molecular weight is 206 g/mol. The Hall–Kier alpha value is -2.11. The van der Waals surface area contributed by atoms with Crippen LogP contribution in [0.15, 0.2) is 30.7 Å². The predicted octanol–water partition coefficient (Wildman–Crippen LogP) is 0.213. The number of hydrogen-bond donors (Lipinski definition) is 1. The highest BCUT2D eigenvalue weighted by atomic mass is 16.4. The van der Waals surface area contributed by atoms with Crippen LogP contribution in [0.25, 0.3) is 0 Å². The molecule has 0 aliphatic heterocycles. The monoisotopic (exact) mass is 206 g/mol. The highest BCUT2D eigenvalue weighted by molar-refractivity contribution is 5.66. The molecule has 2 rings (SSSR count). The van der Waals surface area contributed by atoms with Crippen LogP contribution >= 0.6 is 0 Å². The summed E-state index contributed by atoms with van der Waals surface area (Å²) < 4.78 is 3.25. The molecular weight excluding hydrogens is 196 g/mol. The minimum Gasteiger partial charge on any atom is -0.480 e. The van der Waals surface area contributed by atoms with Gasteiger partial charge in [0.15, 0.2) is 0 Å². The lowest BCUT2D eigenvalue weighted by Crippen LogP contribution is -2.08. The summed E-state index contributed by atoms with van der Waals surface area (Å²) >= 11 is 0. The average Bonchev–Trinajstić information content (AvgIpc) is 2.77. The van der Waals surface area contributed by atoms with Crippen LogP contribution < -0.4 is 0 Å². The summed E-state index contributed by atoms with van der Waals surface area (Å²) in [6.45, 7) is 0.450. The van der Waals surface area contributed by atoms with E-state index >= 15 is 0 Å². The first kappa shape index (κ1) is 9.45. The van der Waals surface area contributed by atoms with Crippen LogP contribution in [-0.4, -0.2) is 30.6 Å². The first-order chi connectivity index (χ1) is 7.24. The minimum absolute atomic E-state index is 0.154. The quantitative estimate of drug-likeness (QED) is 0.776. The van der Waals surface area contributed by atoms with Gasteiger partial charge >= 0.3 is 5.97 Å². The molecule has 0 saturated carbocycles. The smallest absolute Gasteiger partial charge is 0.325 e. The third kappa shape index (κ3) is 2.43. The SMILES string of the molecule is O=C(O)Cn1cc(Cn2cccc2)nn1. The molecule has 1 N–H and O–H groups in total. The van der Waals surface area contributed by atoms with E-state index in [1.807, 2.05) is 29.1 Å². The van der Waals surface area contributed by atoms with Gasteiger partial charge < -0.3 is 9.67 Å². The summed E-state index contributed by atoms with van der Waals surface area (Å²) in [6, 6.07) is 3.84. The van der Waals surface area contributed by atoms with Gasteiger partial charge in [0.2, 0.25) is 0 Å². The summed E-state index contributed by atoms with van der Waals surface area (Å²) in [5, 5.41) is 16.1. The van der Waals surface area contributed by atoms with Gasteiger partial charge in [0.05, 0.1) is 12.7 Å². The van der Waals surface area contributed by atoms with Crippen LogP contribution in [0, 0.1) is 0 Å². The Morgan fingerprint density at radius 2 is 2.13 bits per heavy atom. The molecule has 0 radical (unpaired) electrons. The second-order valence-corrected chi connectivity index (χ2v) is 3.16. The van der Waals surface area contributed by atoms with Crippen molar-refractivity contribution in [2.24, 2.45) is 0 Å². The summed E-state index contributed by atoms with van der Waals surface area (Å²) in [5.41, 5.74) is 0.743. The van der Waals surface area contributed by atoms with Gasteiger partial charge in [-0.2, -0.15) is 0 Å². The van der Waals surface area contributed by atoms with Crippen molar-refractivity contribution >= 4 is 5.97 Å². The van der Waals surface area contributed by atoms with Crippen molar-refractivity contribution in [1.29, 1.82) is 0 Å². The van der Waals surface area contributed by atoms with Gasteiger partial charge in [-0.15, -0.1) is 5.10 Å². The molecule has 0 aromatic carbocycles. The van der Waals surface area contributed by atoms with Crippen molar-refractivity contribution in [3.63, 3.8) is 0 Å². The minimum atomic E-state index is -0.924. The van der Waals surface area contributed by atoms with Crippen LogP contribution in [0.2, 0.25) is 0 Å². The maximum atomic E-state index is 10.4. The second-order valence-electron chi connectivity index (χ2n) is 3.16. The number of aliphatic carboxylic acids is 1. The van der Waals surface area contributed by atoms with Crippen LogP contribution in [0.1, 0.15) is 5.69 Å². The molecule has 6 heteroatoms. The number of hydrogen-bond acceptors (Lipinski definition) is 3. The molecule has 78 valence electrons. The Balaban J connectivity index is 2.04. The number of nitrogens with zero attached hydrogens (tertiary/aromatic N) is 4. The maximum Gasteiger partial charge on any atom is 0.325 e. The van der Waals surface area contributed by atoms with Crippen LogP contribution in [0.5, 0.6) is 0 Å². The zero-order chi connectivity index (χ0) is 10.7. The van der Waals surface area contributed by atoms with Crippen molar-refractivity contribution < 1.29 is 9.90 Å². The highest BCUT2D eigenvalue weighted by Gasteiger charge is 2.03. The van der Waals surface area contributed by atoms with E-state index in [0.717, 1.165) is 5.69 Å². The van der Waals surface area contributed by atoms with E-state index in [1.54, 1.807) is 6.20 Å². The van der Waals surface area contributed by atoms with Crippen molar-refractivity contribution in [3.05, 3.63) is 36.4 Å². The van der Waals surface area contributed by atoms with Crippen molar-refractivity contribution in [2.75, 3.05) is 0 Å². The molecule has 0 fully saturated rings. The number of aromatic nitrogens is 4. The Labute approximate surface area is 85.8 Å². The van der Waals surface area contributed by atoms with Gasteiger partial charge in [-0.1, -0.05) is 5.21 Å². The van der Waals surface area contributed by atoms with E-state index in [9.17, 15) is 4.79 Å². The van der Waals surface area contributed by atoms with Gasteiger partial charge in [0.25, 0.3) is 0 Å². The maximum absolute atomic E-state index is 10.4. The largest absolute Gasteiger partial charge is 0.480 e. The molecule has 2 aromatic rings. The number of carboxylic acid groups (broad SMARTS) is 1. The van der Waals surface area contributed by atoms with Gasteiger partial charge in [0.1, 0.15) is 12.2 Å². The molecule has 6 nitrogen and oxygen atoms in total. The Kier molecular flexibility index (Phi) is 2.49. The van der Waals surface area contributed by atoms with E-state index in [4.69, 9.17) is 5.11 Å². The topological polar surface area (TPSA) is 72.9 Å². The molecule has 0 bridgehead atoms. The molecule has 0 aliphatic carbocycles. The third-order valence-corrected chi connectivity index (χ3v) is 1.89. The molecule has 0 atom stereocenters. The summed E-state index contributed by atoms with van der Waals surface area (Å²) in [5.74, 6) is -0.924. The van der Waals surface area contributed by atoms with Crippen LogP contribution in [0.4, 0.5) is 0 Å². The van der Waals surface area contributed by atoms with E-state index in [0.29, 0.717) is 6.54 Å². The molecule has 2 heterocycles. The number of rotatable bonds is 4. The zero-order valence-corrected chi connectivity index (χ0v) is 7.95. The van der Waals surface area contributed by atoms with Gasteiger partial charge in [-0.25, -0.2) is 4.68 Å². The Morgan fingerprint density at radius 3 is 2.80 bits per heavy atom. The summed E-state index contributed by atoms with van der Waals surface area (Å²) in [6.07, 6.45) is 5.46. The highest BCUT2D eigenvalue weighted by Crippen LogP contribution is 1.98. The molecule has 0 amide bonds. The van der Waals surface area contributed by atoms with Gasteiger partial charge in [0, 0.05) is 12.4 Å². The van der Waals surface area contributed by atoms with Gasteiger partial charge in [-0.05, 0) is 12.1 Å². The normalized spacial score (nSPS) is 10.4. The fraction of sp³-hybridized carbons (Fsp3) is 0.222. The molecule has 0 unspecified atom stereocenters. The van der Waals surface area contributed by atoms with Crippen molar-refractivity contribution in [2.45, 2.75) is 13.1 Å². The standard InChI is InChI=1S/C9H10N4O2/c14-9(15)7-13-6-8(10-11-13)5-12-3-1-2-4-12/h1-4,6H,5,7H2,(H,14,15). The third-order valence-electron chi connectivity index (χ3n) is 1.89. The predicted molar refractivity (Wildman–Crippen MR) is 51.2 cm³/mol. The van der Waals surface area contributed by atoms with Crippen molar-refractivity contribution in [1.82, 2.24) is 19.6 Å². The van der Waals surface area contributed by atoms with Crippen LogP contribution in [-0.2, 0) is 17.9 Å². The molecular formula is C9H10N4O2. The second kappa shape index (κ2) is 3.95. The summed E-state index contributed by atoms with van der Waals surface area (Å²) in [4.78, 5) is 10.4. The molecule has 0 aliphatic rings. The van der Waals surface area contributed by atoms with E-state index in [1.165, 1.54) is 4.68 Å². The molecule has 15 heavy (non-hydrogen) atoms. The van der Waals surface area contributed by atoms with Crippen LogP contribution in [0.3, 0.4) is 0 Å². The molecule has 0 spiro atoms. The van der Waals surface area contributed by atoms with Gasteiger partial charge in [-0.3, -0.25) is 4.79 Å². The fourth-order valence-corrected chi connectivity index (χ4v) is 1.29.